The van der Waals surface area contributed by atoms with Crippen molar-refractivity contribution in [2.45, 2.75) is 33.2 Å². The van der Waals surface area contributed by atoms with Crippen molar-refractivity contribution in [3.63, 3.8) is 0 Å². The molecule has 2 aromatic carbocycles. The van der Waals surface area contributed by atoms with Crippen molar-refractivity contribution in [3.05, 3.63) is 65.7 Å². The van der Waals surface area contributed by atoms with E-state index in [1.165, 1.54) is 5.57 Å². The summed E-state index contributed by atoms with van der Waals surface area (Å²) in [5.41, 5.74) is 2.15. The number of rotatable bonds is 9. The topological polar surface area (TPSA) is 126 Å². The van der Waals surface area contributed by atoms with Crippen LogP contribution in [0.15, 0.2) is 64.7 Å². The van der Waals surface area contributed by atoms with Crippen molar-refractivity contribution < 1.29 is 29.1 Å². The minimum absolute atomic E-state index is 0.0873. The summed E-state index contributed by atoms with van der Waals surface area (Å²) in [6.45, 7) is 6.00. The molecule has 188 valence electrons. The van der Waals surface area contributed by atoms with Gasteiger partial charge in [0, 0.05) is 30.8 Å². The quantitative estimate of drug-likeness (QED) is 0.329. The summed E-state index contributed by atoms with van der Waals surface area (Å²) in [6.07, 6.45) is 2.19. The highest BCUT2D eigenvalue weighted by atomic mass is 16.5. The maximum Gasteiger partial charge on any atom is 0.321 e. The van der Waals surface area contributed by atoms with Crippen LogP contribution in [-0.4, -0.2) is 56.9 Å². The standard InChI is InChI=1S/C27H29N3O6/c1-18(2)11-16-35-22-9-7-21(8-10-22)24-28-23(29-36-24)20-5-3-19(4-6-20)17-30-14-12-27(13-15-30,25(31)32)26(33)34/h3-11H,12-17H2,1-2H3,(H,31,32)(H,33,34). The molecule has 1 saturated heterocycles. The molecule has 1 fully saturated rings. The van der Waals surface area contributed by atoms with Crippen LogP contribution in [0.25, 0.3) is 22.8 Å². The summed E-state index contributed by atoms with van der Waals surface area (Å²) >= 11 is 0. The van der Waals surface area contributed by atoms with Gasteiger partial charge in [-0.1, -0.05) is 35.0 Å². The third-order valence-corrected chi connectivity index (χ3v) is 6.42. The molecule has 4 rings (SSSR count). The molecule has 36 heavy (non-hydrogen) atoms. The fraction of sp³-hybridized carbons (Fsp3) is 0.333. The first kappa shape index (κ1) is 25.1. The highest BCUT2D eigenvalue weighted by molar-refractivity contribution is 5.98. The van der Waals surface area contributed by atoms with Gasteiger partial charge in [0.05, 0.1) is 0 Å². The van der Waals surface area contributed by atoms with Crippen LogP contribution in [-0.2, 0) is 16.1 Å². The largest absolute Gasteiger partial charge is 0.490 e. The molecule has 1 aromatic heterocycles. The predicted octanol–water partition coefficient (Wildman–Crippen LogP) is 4.50. The van der Waals surface area contributed by atoms with Crippen molar-refractivity contribution in [1.29, 1.82) is 0 Å². The van der Waals surface area contributed by atoms with Crippen molar-refractivity contribution in [2.75, 3.05) is 19.7 Å². The Morgan fingerprint density at radius 2 is 1.61 bits per heavy atom. The van der Waals surface area contributed by atoms with Crippen molar-refractivity contribution in [2.24, 2.45) is 5.41 Å². The SMILES string of the molecule is CC(C)=CCOc1ccc(-c2nc(-c3ccc(CN4CCC(C(=O)O)(C(=O)O)CC4)cc3)no2)cc1. The van der Waals surface area contributed by atoms with E-state index in [2.05, 4.69) is 15.0 Å². The molecule has 9 nitrogen and oxygen atoms in total. The molecule has 1 aliphatic heterocycles. The van der Waals surface area contributed by atoms with Crippen molar-refractivity contribution >= 4 is 11.9 Å². The number of aliphatic carboxylic acids is 2. The van der Waals surface area contributed by atoms with E-state index >= 15 is 0 Å². The van der Waals surface area contributed by atoms with Gasteiger partial charge in [-0.05, 0) is 62.6 Å². The Bertz CT molecular complexity index is 1220. The van der Waals surface area contributed by atoms with Crippen molar-refractivity contribution in [3.8, 4) is 28.6 Å². The maximum absolute atomic E-state index is 11.5. The fourth-order valence-electron chi connectivity index (χ4n) is 4.09. The van der Waals surface area contributed by atoms with E-state index in [0.717, 1.165) is 22.4 Å². The summed E-state index contributed by atoms with van der Waals surface area (Å²) in [7, 11) is 0. The molecule has 1 aliphatic rings. The van der Waals surface area contributed by atoms with Gasteiger partial charge in [-0.2, -0.15) is 4.98 Å². The lowest BCUT2D eigenvalue weighted by Crippen LogP contribution is -2.48. The predicted molar refractivity (Wildman–Crippen MR) is 132 cm³/mol. The number of carboxylic acid groups (broad SMARTS) is 2. The van der Waals surface area contributed by atoms with Crippen LogP contribution in [0.4, 0.5) is 0 Å². The molecule has 0 saturated carbocycles. The highest BCUT2D eigenvalue weighted by Crippen LogP contribution is 2.33. The van der Waals surface area contributed by atoms with E-state index < -0.39 is 17.4 Å². The first-order valence-corrected chi connectivity index (χ1v) is 11.8. The zero-order valence-corrected chi connectivity index (χ0v) is 20.3. The average Bonchev–Trinajstić information content (AvgIpc) is 3.35. The second-order valence-corrected chi connectivity index (χ2v) is 9.21. The van der Waals surface area contributed by atoms with Gasteiger partial charge in [-0.25, -0.2) is 0 Å². The number of hydrogen-bond donors (Lipinski definition) is 2. The lowest BCUT2D eigenvalue weighted by Gasteiger charge is -2.36. The molecule has 0 bridgehead atoms. The molecule has 0 spiro atoms. The average molecular weight is 492 g/mol. The Morgan fingerprint density at radius 1 is 1.00 bits per heavy atom. The lowest BCUT2D eigenvalue weighted by atomic mass is 9.78. The van der Waals surface area contributed by atoms with Gasteiger partial charge in [0.1, 0.15) is 12.4 Å². The van der Waals surface area contributed by atoms with E-state index in [-0.39, 0.29) is 12.8 Å². The number of carbonyl (C=O) groups is 2. The second-order valence-electron chi connectivity index (χ2n) is 9.21. The van der Waals surface area contributed by atoms with Gasteiger partial charge >= 0.3 is 11.9 Å². The van der Waals surface area contributed by atoms with Gasteiger partial charge in [0.2, 0.25) is 5.82 Å². The molecule has 0 aliphatic carbocycles. The maximum atomic E-state index is 11.5. The first-order valence-electron chi connectivity index (χ1n) is 11.8. The molecule has 9 heteroatoms. The van der Waals surface area contributed by atoms with Crippen LogP contribution < -0.4 is 4.74 Å². The van der Waals surface area contributed by atoms with Crippen LogP contribution in [0.5, 0.6) is 5.75 Å². The number of hydrogen-bond acceptors (Lipinski definition) is 7. The van der Waals surface area contributed by atoms with Crippen LogP contribution in [0, 0.1) is 5.41 Å². The van der Waals surface area contributed by atoms with E-state index in [0.29, 0.717) is 38.0 Å². The zero-order valence-electron chi connectivity index (χ0n) is 20.3. The van der Waals surface area contributed by atoms with Crippen LogP contribution >= 0.6 is 0 Å². The van der Waals surface area contributed by atoms with Gasteiger partial charge in [-0.15, -0.1) is 0 Å². The molecular weight excluding hydrogens is 462 g/mol. The van der Waals surface area contributed by atoms with Crippen LogP contribution in [0.1, 0.15) is 32.3 Å². The number of aromatic nitrogens is 2. The Balaban J connectivity index is 1.35. The number of ether oxygens (including phenoxy) is 1. The normalized spacial score (nSPS) is 15.3. The van der Waals surface area contributed by atoms with Gasteiger partial charge < -0.3 is 19.5 Å². The molecule has 0 unspecified atom stereocenters. The Morgan fingerprint density at radius 3 is 2.19 bits per heavy atom. The number of likely N-dealkylation sites (tertiary alicyclic amines) is 1. The minimum Gasteiger partial charge on any atom is -0.490 e. The summed E-state index contributed by atoms with van der Waals surface area (Å²) in [5, 5.41) is 22.9. The summed E-state index contributed by atoms with van der Waals surface area (Å²) in [5.74, 6) is -0.869. The number of nitrogens with zero attached hydrogens (tertiary/aromatic N) is 3. The molecule has 2 N–H and O–H groups in total. The van der Waals surface area contributed by atoms with Crippen LogP contribution in [0.2, 0.25) is 0 Å². The zero-order chi connectivity index (χ0) is 25.7. The third kappa shape index (κ3) is 5.63. The molecule has 0 radical (unpaired) electrons. The monoisotopic (exact) mass is 491 g/mol. The van der Waals surface area contributed by atoms with Crippen molar-refractivity contribution in [1.82, 2.24) is 15.0 Å². The van der Waals surface area contributed by atoms with Gasteiger partial charge in [0.15, 0.2) is 5.41 Å². The summed E-state index contributed by atoms with van der Waals surface area (Å²) in [4.78, 5) is 29.6. The molecule has 0 atom stereocenters. The number of allylic oxidation sites excluding steroid dienone is 1. The smallest absolute Gasteiger partial charge is 0.321 e. The lowest BCUT2D eigenvalue weighted by molar-refractivity contribution is -0.168. The Labute approximate surface area is 209 Å². The van der Waals surface area contributed by atoms with Gasteiger partial charge in [0.25, 0.3) is 5.89 Å². The highest BCUT2D eigenvalue weighted by Gasteiger charge is 2.48. The Kier molecular flexibility index (Phi) is 7.49. The van der Waals surface area contributed by atoms with E-state index in [9.17, 15) is 19.8 Å². The van der Waals surface area contributed by atoms with E-state index in [4.69, 9.17) is 9.26 Å². The van der Waals surface area contributed by atoms with E-state index in [1.807, 2.05) is 68.5 Å². The number of piperidine rings is 1. The van der Waals surface area contributed by atoms with Gasteiger partial charge in [-0.3, -0.25) is 14.5 Å². The second kappa shape index (κ2) is 10.7. The molecule has 0 amide bonds. The molecule has 3 aromatic rings. The Hall–Kier alpha value is -3.98. The van der Waals surface area contributed by atoms with E-state index in [1.54, 1.807) is 0 Å². The minimum atomic E-state index is -1.68. The molecular formula is C27H29N3O6. The number of benzene rings is 2. The molecule has 2 heterocycles. The summed E-state index contributed by atoms with van der Waals surface area (Å²) < 4.78 is 11.1. The third-order valence-electron chi connectivity index (χ3n) is 6.42. The summed E-state index contributed by atoms with van der Waals surface area (Å²) in [6, 6.07) is 15.2. The fourth-order valence-corrected chi connectivity index (χ4v) is 4.09. The first-order chi connectivity index (χ1) is 17.3. The van der Waals surface area contributed by atoms with Crippen LogP contribution in [0.3, 0.4) is 0 Å². The number of carboxylic acids is 2.